The third kappa shape index (κ3) is 3.26. The van der Waals surface area contributed by atoms with Crippen molar-refractivity contribution in [1.82, 2.24) is 10.3 Å². The summed E-state index contributed by atoms with van der Waals surface area (Å²) >= 11 is 0. The molecule has 1 heterocycles. The fraction of sp³-hybridized carbons (Fsp3) is 0.500. The second-order valence-corrected chi connectivity index (χ2v) is 5.25. The van der Waals surface area contributed by atoms with Gasteiger partial charge >= 0.3 is 5.97 Å². The lowest BCUT2D eigenvalue weighted by Gasteiger charge is -2.26. The van der Waals surface area contributed by atoms with E-state index >= 15 is 0 Å². The number of nitrogens with one attached hydrogen (secondary N) is 2. The van der Waals surface area contributed by atoms with Gasteiger partial charge in [0.2, 0.25) is 5.56 Å². The van der Waals surface area contributed by atoms with E-state index in [2.05, 4.69) is 10.3 Å². The molecule has 3 N–H and O–H groups in total. The molecule has 0 radical (unpaired) electrons. The molecule has 1 aromatic rings. The molecule has 1 aromatic heterocycles. The molecule has 1 amide bonds. The van der Waals surface area contributed by atoms with Crippen LogP contribution in [0, 0.1) is 12.8 Å². The van der Waals surface area contributed by atoms with E-state index in [1.807, 2.05) is 0 Å². The van der Waals surface area contributed by atoms with Gasteiger partial charge in [-0.05, 0) is 38.2 Å². The molecule has 1 fully saturated rings. The van der Waals surface area contributed by atoms with E-state index in [1.54, 1.807) is 6.92 Å². The zero-order valence-electron chi connectivity index (χ0n) is 11.3. The van der Waals surface area contributed by atoms with Crippen molar-refractivity contribution in [3.05, 3.63) is 33.7 Å². The average molecular weight is 278 g/mol. The van der Waals surface area contributed by atoms with E-state index in [0.717, 1.165) is 0 Å². The molecule has 0 atom stereocenters. The highest BCUT2D eigenvalue weighted by Crippen LogP contribution is 2.24. The number of hydrogen-bond donors (Lipinski definition) is 3. The molecule has 1 saturated carbocycles. The Hall–Kier alpha value is -2.11. The number of H-pyrrole nitrogens is 1. The molecule has 108 valence electrons. The first-order chi connectivity index (χ1) is 9.47. The van der Waals surface area contributed by atoms with Gasteiger partial charge in [-0.15, -0.1) is 0 Å². The molecule has 1 aliphatic rings. The van der Waals surface area contributed by atoms with Gasteiger partial charge in [0.15, 0.2) is 0 Å². The molecule has 1 aliphatic carbocycles. The van der Waals surface area contributed by atoms with Gasteiger partial charge in [0.25, 0.3) is 5.91 Å². The van der Waals surface area contributed by atoms with Gasteiger partial charge in [0, 0.05) is 18.3 Å². The van der Waals surface area contributed by atoms with Crippen molar-refractivity contribution in [2.24, 2.45) is 5.92 Å². The number of pyridine rings is 1. The van der Waals surface area contributed by atoms with Gasteiger partial charge in [-0.3, -0.25) is 14.4 Å². The minimum atomic E-state index is -0.758. The number of carboxylic acids is 1. The second kappa shape index (κ2) is 5.90. The SMILES string of the molecule is Cc1cc(=O)[nH]cc1C(=O)NC1CCC(C(=O)O)CC1. The largest absolute Gasteiger partial charge is 0.481 e. The predicted octanol–water partition coefficient (Wildman–Crippen LogP) is 1.06. The monoisotopic (exact) mass is 278 g/mol. The van der Waals surface area contributed by atoms with E-state index in [9.17, 15) is 14.4 Å². The highest BCUT2D eigenvalue weighted by molar-refractivity contribution is 5.95. The van der Waals surface area contributed by atoms with Gasteiger partial charge in [-0.25, -0.2) is 0 Å². The van der Waals surface area contributed by atoms with E-state index in [1.165, 1.54) is 12.3 Å². The van der Waals surface area contributed by atoms with Crippen molar-refractivity contribution < 1.29 is 14.7 Å². The number of hydrogen-bond acceptors (Lipinski definition) is 3. The van der Waals surface area contributed by atoms with Crippen molar-refractivity contribution >= 4 is 11.9 Å². The average Bonchev–Trinajstić information content (AvgIpc) is 2.39. The fourth-order valence-electron chi connectivity index (χ4n) is 2.57. The molecule has 0 aromatic carbocycles. The lowest BCUT2D eigenvalue weighted by molar-refractivity contribution is -0.142. The molecule has 6 nitrogen and oxygen atoms in total. The van der Waals surface area contributed by atoms with E-state index in [0.29, 0.717) is 36.8 Å². The van der Waals surface area contributed by atoms with Crippen LogP contribution in [-0.2, 0) is 4.79 Å². The molecule has 0 spiro atoms. The van der Waals surface area contributed by atoms with Crippen LogP contribution in [0.5, 0.6) is 0 Å². The summed E-state index contributed by atoms with van der Waals surface area (Å²) in [6.45, 7) is 1.71. The number of rotatable bonds is 3. The van der Waals surface area contributed by atoms with Crippen molar-refractivity contribution in [3.63, 3.8) is 0 Å². The van der Waals surface area contributed by atoms with Crippen LogP contribution < -0.4 is 10.9 Å². The number of amides is 1. The molecular formula is C14H18N2O4. The number of carbonyl (C=O) groups excluding carboxylic acids is 1. The molecule has 0 aliphatic heterocycles. The minimum Gasteiger partial charge on any atom is -0.481 e. The molecular weight excluding hydrogens is 260 g/mol. The van der Waals surface area contributed by atoms with Gasteiger partial charge in [0.05, 0.1) is 11.5 Å². The summed E-state index contributed by atoms with van der Waals surface area (Å²) in [5.41, 5.74) is 0.844. The Morgan fingerprint density at radius 3 is 2.50 bits per heavy atom. The summed E-state index contributed by atoms with van der Waals surface area (Å²) in [4.78, 5) is 36.6. The molecule has 0 unspecified atom stereocenters. The Balaban J connectivity index is 1.96. The number of aliphatic carboxylic acids is 1. The second-order valence-electron chi connectivity index (χ2n) is 5.25. The Labute approximate surface area is 116 Å². The van der Waals surface area contributed by atoms with Gasteiger partial charge < -0.3 is 15.4 Å². The molecule has 0 saturated heterocycles. The van der Waals surface area contributed by atoms with Crippen molar-refractivity contribution in [2.45, 2.75) is 38.6 Å². The topological polar surface area (TPSA) is 99.3 Å². The Bertz CT molecular complexity index is 571. The lowest BCUT2D eigenvalue weighted by Crippen LogP contribution is -2.39. The maximum Gasteiger partial charge on any atom is 0.306 e. The summed E-state index contributed by atoms with van der Waals surface area (Å²) in [7, 11) is 0. The third-order valence-corrected chi connectivity index (χ3v) is 3.79. The van der Waals surface area contributed by atoms with Crippen LogP contribution in [-0.4, -0.2) is 28.0 Å². The van der Waals surface area contributed by atoms with Crippen LogP contribution in [0.4, 0.5) is 0 Å². The molecule has 20 heavy (non-hydrogen) atoms. The zero-order valence-corrected chi connectivity index (χ0v) is 11.3. The standard InChI is InChI=1S/C14H18N2O4/c1-8-6-12(17)15-7-11(8)13(18)16-10-4-2-9(3-5-10)14(19)20/h6-7,9-10H,2-5H2,1H3,(H,15,17)(H,16,18)(H,19,20). The number of carboxylic acid groups (broad SMARTS) is 1. The van der Waals surface area contributed by atoms with Crippen molar-refractivity contribution in [2.75, 3.05) is 0 Å². The highest BCUT2D eigenvalue weighted by atomic mass is 16.4. The first-order valence-corrected chi connectivity index (χ1v) is 6.70. The number of aryl methyl sites for hydroxylation is 1. The maximum atomic E-state index is 12.1. The summed E-state index contributed by atoms with van der Waals surface area (Å²) < 4.78 is 0. The van der Waals surface area contributed by atoms with Crippen LogP contribution >= 0.6 is 0 Å². The van der Waals surface area contributed by atoms with Gasteiger partial charge in [0.1, 0.15) is 0 Å². The Morgan fingerprint density at radius 1 is 1.30 bits per heavy atom. The Morgan fingerprint density at radius 2 is 1.95 bits per heavy atom. The molecule has 0 bridgehead atoms. The van der Waals surface area contributed by atoms with Gasteiger partial charge in [-0.2, -0.15) is 0 Å². The van der Waals surface area contributed by atoms with Crippen LogP contribution in [0.1, 0.15) is 41.6 Å². The van der Waals surface area contributed by atoms with Gasteiger partial charge in [-0.1, -0.05) is 0 Å². The highest BCUT2D eigenvalue weighted by Gasteiger charge is 2.27. The number of aromatic nitrogens is 1. The van der Waals surface area contributed by atoms with Crippen LogP contribution in [0.25, 0.3) is 0 Å². The summed E-state index contributed by atoms with van der Waals surface area (Å²) in [6.07, 6.45) is 3.93. The summed E-state index contributed by atoms with van der Waals surface area (Å²) in [6, 6.07) is 1.39. The minimum absolute atomic E-state index is 0.00410. The quantitative estimate of drug-likeness (QED) is 0.769. The first kappa shape index (κ1) is 14.3. The molecule has 2 rings (SSSR count). The fourth-order valence-corrected chi connectivity index (χ4v) is 2.57. The van der Waals surface area contributed by atoms with Crippen molar-refractivity contribution in [1.29, 1.82) is 0 Å². The molecule has 6 heteroatoms. The number of carbonyl (C=O) groups is 2. The third-order valence-electron chi connectivity index (χ3n) is 3.79. The zero-order chi connectivity index (χ0) is 14.7. The normalized spacial score (nSPS) is 22.2. The maximum absolute atomic E-state index is 12.1. The van der Waals surface area contributed by atoms with Crippen LogP contribution in [0.2, 0.25) is 0 Å². The predicted molar refractivity (Wildman–Crippen MR) is 72.6 cm³/mol. The van der Waals surface area contributed by atoms with Crippen LogP contribution in [0.15, 0.2) is 17.1 Å². The van der Waals surface area contributed by atoms with E-state index in [4.69, 9.17) is 5.11 Å². The van der Waals surface area contributed by atoms with E-state index in [-0.39, 0.29) is 23.4 Å². The first-order valence-electron chi connectivity index (χ1n) is 6.70. The Kier molecular flexibility index (Phi) is 4.22. The lowest BCUT2D eigenvalue weighted by atomic mass is 9.86. The number of aromatic amines is 1. The van der Waals surface area contributed by atoms with Crippen molar-refractivity contribution in [3.8, 4) is 0 Å². The summed E-state index contributed by atoms with van der Waals surface area (Å²) in [5, 5.41) is 11.8. The summed E-state index contributed by atoms with van der Waals surface area (Å²) in [5.74, 6) is -1.28. The van der Waals surface area contributed by atoms with E-state index < -0.39 is 5.97 Å². The van der Waals surface area contributed by atoms with Crippen LogP contribution in [0.3, 0.4) is 0 Å². The smallest absolute Gasteiger partial charge is 0.306 e.